The highest BCUT2D eigenvalue weighted by Crippen LogP contribution is 2.35. The van der Waals surface area contributed by atoms with E-state index >= 15 is 0 Å². The van der Waals surface area contributed by atoms with Crippen molar-refractivity contribution in [2.45, 2.75) is 12.5 Å². The molecule has 1 heterocycles. The zero-order valence-corrected chi connectivity index (χ0v) is 13.7. The number of rotatable bonds is 3. The molecule has 0 saturated carbocycles. The summed E-state index contributed by atoms with van der Waals surface area (Å²) in [6.45, 7) is 1.67. The molecule has 0 spiro atoms. The number of carbonyl (C=O) groups excluding carboxylic acids is 1. The summed E-state index contributed by atoms with van der Waals surface area (Å²) < 4.78 is 19.5. The van der Waals surface area contributed by atoms with Crippen molar-refractivity contribution in [1.29, 1.82) is 0 Å². The Labute approximate surface area is 139 Å². The summed E-state index contributed by atoms with van der Waals surface area (Å²) in [5.74, 6) is 0.145. The van der Waals surface area contributed by atoms with Gasteiger partial charge in [-0.3, -0.25) is 9.69 Å². The first-order valence-corrected chi connectivity index (χ1v) is 7.45. The van der Waals surface area contributed by atoms with Crippen LogP contribution in [0.1, 0.15) is 12.5 Å². The molecule has 1 unspecified atom stereocenters. The van der Waals surface area contributed by atoms with Crippen molar-refractivity contribution < 1.29 is 13.9 Å². The lowest BCUT2D eigenvalue weighted by Crippen LogP contribution is -2.38. The van der Waals surface area contributed by atoms with E-state index in [9.17, 15) is 9.18 Å². The van der Waals surface area contributed by atoms with Gasteiger partial charge in [0.05, 0.1) is 7.11 Å². The van der Waals surface area contributed by atoms with Crippen LogP contribution < -0.4 is 10.5 Å². The third-order valence-corrected chi connectivity index (χ3v) is 4.31. The van der Waals surface area contributed by atoms with Crippen LogP contribution in [0.25, 0.3) is 11.1 Å². The van der Waals surface area contributed by atoms with Crippen molar-refractivity contribution in [1.82, 2.24) is 4.90 Å². The summed E-state index contributed by atoms with van der Waals surface area (Å²) >= 11 is 0. The molecule has 1 aliphatic rings. The maximum absolute atomic E-state index is 14.4. The van der Waals surface area contributed by atoms with E-state index in [1.807, 2.05) is 0 Å². The first-order valence-electron chi connectivity index (χ1n) is 7.45. The number of likely N-dealkylation sites (N-methyl/N-ethyl adjacent to an activating group) is 1. The molecule has 0 radical (unpaired) electrons. The van der Waals surface area contributed by atoms with Crippen molar-refractivity contribution in [3.05, 3.63) is 53.8 Å². The third-order valence-electron chi connectivity index (χ3n) is 4.31. The molecular weight excluding hydrogens is 309 g/mol. The number of carbonyl (C=O) groups is 1. The standard InChI is InChI=1S/C18H18FN3O2/c1-18(16(23)22(2)17(20)21-18)12-7-8-15(19)14(10-12)11-5-4-6-13(9-11)24-3/h4-10H,1-3H3,(H2,20,21). The SMILES string of the molecule is COc1cccc(-c2cc(C3(C)N=C(N)N(C)C3=O)ccc2F)c1. The average Bonchev–Trinajstić information content (AvgIpc) is 2.79. The zero-order chi connectivity index (χ0) is 17.5. The minimum atomic E-state index is -1.15. The fourth-order valence-corrected chi connectivity index (χ4v) is 2.81. The topological polar surface area (TPSA) is 67.9 Å². The van der Waals surface area contributed by atoms with Gasteiger partial charge in [0, 0.05) is 12.6 Å². The first kappa shape index (κ1) is 16.0. The van der Waals surface area contributed by atoms with Crippen LogP contribution in [0.2, 0.25) is 0 Å². The Morgan fingerprint density at radius 3 is 2.62 bits per heavy atom. The number of hydrogen-bond donors (Lipinski definition) is 1. The monoisotopic (exact) mass is 327 g/mol. The minimum absolute atomic E-state index is 0.148. The summed E-state index contributed by atoms with van der Waals surface area (Å²) in [6, 6.07) is 11.6. The van der Waals surface area contributed by atoms with E-state index in [2.05, 4.69) is 4.99 Å². The number of guanidine groups is 1. The van der Waals surface area contributed by atoms with Crippen molar-refractivity contribution in [2.75, 3.05) is 14.2 Å². The van der Waals surface area contributed by atoms with Crippen molar-refractivity contribution in [2.24, 2.45) is 10.7 Å². The molecule has 0 fully saturated rings. The Balaban J connectivity index is 2.12. The Hall–Kier alpha value is -2.89. The molecule has 0 saturated heterocycles. The van der Waals surface area contributed by atoms with Gasteiger partial charge in [0.25, 0.3) is 5.91 Å². The second kappa shape index (κ2) is 5.63. The Bertz CT molecular complexity index is 850. The smallest absolute Gasteiger partial charge is 0.261 e. The molecule has 2 N–H and O–H groups in total. The van der Waals surface area contributed by atoms with Crippen LogP contribution in [0.5, 0.6) is 5.75 Å². The summed E-state index contributed by atoms with van der Waals surface area (Å²) in [5.41, 5.74) is 6.23. The number of aliphatic imine (C=N–C) groups is 1. The molecule has 1 amide bonds. The molecule has 0 aliphatic carbocycles. The molecule has 5 nitrogen and oxygen atoms in total. The number of nitrogens with two attached hydrogens (primary N) is 1. The highest BCUT2D eigenvalue weighted by Gasteiger charge is 2.44. The van der Waals surface area contributed by atoms with E-state index in [4.69, 9.17) is 10.5 Å². The molecule has 1 aliphatic heterocycles. The molecule has 124 valence electrons. The molecule has 3 rings (SSSR count). The lowest BCUT2D eigenvalue weighted by Gasteiger charge is -2.21. The minimum Gasteiger partial charge on any atom is -0.497 e. The molecule has 0 aromatic heterocycles. The van der Waals surface area contributed by atoms with Gasteiger partial charge in [-0.15, -0.1) is 0 Å². The summed E-state index contributed by atoms with van der Waals surface area (Å²) in [6.07, 6.45) is 0. The molecule has 2 aromatic rings. The van der Waals surface area contributed by atoms with Crippen LogP contribution in [-0.2, 0) is 10.3 Å². The van der Waals surface area contributed by atoms with Gasteiger partial charge < -0.3 is 10.5 Å². The normalized spacial score (nSPS) is 20.2. The fourth-order valence-electron chi connectivity index (χ4n) is 2.81. The Morgan fingerprint density at radius 1 is 1.25 bits per heavy atom. The van der Waals surface area contributed by atoms with Gasteiger partial charge in [0.15, 0.2) is 11.5 Å². The number of ether oxygens (including phenoxy) is 1. The molecule has 1 atom stereocenters. The van der Waals surface area contributed by atoms with E-state index in [1.54, 1.807) is 57.5 Å². The van der Waals surface area contributed by atoms with Gasteiger partial charge in [-0.1, -0.05) is 18.2 Å². The van der Waals surface area contributed by atoms with Gasteiger partial charge in [0.2, 0.25) is 0 Å². The molecule has 6 heteroatoms. The lowest BCUT2D eigenvalue weighted by atomic mass is 9.89. The third kappa shape index (κ3) is 2.40. The van der Waals surface area contributed by atoms with Gasteiger partial charge in [-0.25, -0.2) is 9.38 Å². The van der Waals surface area contributed by atoms with Crippen LogP contribution in [0.3, 0.4) is 0 Å². The van der Waals surface area contributed by atoms with Crippen LogP contribution >= 0.6 is 0 Å². The highest BCUT2D eigenvalue weighted by atomic mass is 19.1. The van der Waals surface area contributed by atoms with Crippen LogP contribution in [0, 0.1) is 5.82 Å². The largest absolute Gasteiger partial charge is 0.497 e. The molecular formula is C18H18FN3O2. The van der Waals surface area contributed by atoms with Crippen LogP contribution in [0.15, 0.2) is 47.5 Å². The summed E-state index contributed by atoms with van der Waals surface area (Å²) in [4.78, 5) is 18.1. The average molecular weight is 327 g/mol. The van der Waals surface area contributed by atoms with E-state index in [0.29, 0.717) is 22.4 Å². The van der Waals surface area contributed by atoms with E-state index in [0.717, 1.165) is 0 Å². The van der Waals surface area contributed by atoms with Gasteiger partial charge in [-0.05, 0) is 42.3 Å². The number of hydrogen-bond acceptors (Lipinski definition) is 4. The number of methoxy groups -OCH3 is 1. The van der Waals surface area contributed by atoms with Crippen LogP contribution in [-0.4, -0.2) is 30.9 Å². The van der Waals surface area contributed by atoms with E-state index in [1.165, 1.54) is 11.0 Å². The predicted octanol–water partition coefficient (Wildman–Crippen LogP) is 2.50. The van der Waals surface area contributed by atoms with Gasteiger partial charge in [0.1, 0.15) is 11.6 Å². The van der Waals surface area contributed by atoms with E-state index < -0.39 is 5.54 Å². The highest BCUT2D eigenvalue weighted by molar-refractivity contribution is 6.06. The lowest BCUT2D eigenvalue weighted by molar-refractivity contribution is -0.130. The van der Waals surface area contributed by atoms with Crippen molar-refractivity contribution in [3.8, 4) is 16.9 Å². The second-order valence-corrected chi connectivity index (χ2v) is 5.83. The maximum Gasteiger partial charge on any atom is 0.261 e. The number of nitrogens with zero attached hydrogens (tertiary/aromatic N) is 2. The maximum atomic E-state index is 14.4. The number of halogens is 1. The predicted molar refractivity (Wildman–Crippen MR) is 90.1 cm³/mol. The molecule has 0 bridgehead atoms. The quantitative estimate of drug-likeness (QED) is 0.942. The zero-order valence-electron chi connectivity index (χ0n) is 13.7. The fraction of sp³-hybridized carbons (Fsp3) is 0.222. The summed E-state index contributed by atoms with van der Waals surface area (Å²) in [7, 11) is 3.12. The second-order valence-electron chi connectivity index (χ2n) is 5.83. The van der Waals surface area contributed by atoms with Crippen molar-refractivity contribution in [3.63, 3.8) is 0 Å². The molecule has 2 aromatic carbocycles. The first-order chi connectivity index (χ1) is 11.4. The van der Waals surface area contributed by atoms with E-state index in [-0.39, 0.29) is 17.7 Å². The number of amides is 1. The van der Waals surface area contributed by atoms with Crippen LogP contribution in [0.4, 0.5) is 4.39 Å². The Morgan fingerprint density at radius 2 is 2.00 bits per heavy atom. The molecule has 24 heavy (non-hydrogen) atoms. The Kier molecular flexibility index (Phi) is 3.75. The summed E-state index contributed by atoms with van der Waals surface area (Å²) in [5, 5.41) is 0. The van der Waals surface area contributed by atoms with Gasteiger partial charge in [-0.2, -0.15) is 0 Å². The van der Waals surface area contributed by atoms with Gasteiger partial charge >= 0.3 is 0 Å². The van der Waals surface area contributed by atoms with Crippen molar-refractivity contribution >= 4 is 11.9 Å². The number of benzene rings is 2.